The predicted molar refractivity (Wildman–Crippen MR) is 250 cm³/mol. The molecule has 4 aromatic rings. The number of benzene rings is 3. The van der Waals surface area contributed by atoms with Gasteiger partial charge in [-0.05, 0) is 121 Å². The van der Waals surface area contributed by atoms with Crippen molar-refractivity contribution >= 4 is 45.9 Å². The van der Waals surface area contributed by atoms with E-state index in [9.17, 15) is 4.79 Å². The summed E-state index contributed by atoms with van der Waals surface area (Å²) in [6, 6.07) is 26.8. The number of aryl methyl sites for hydroxylation is 2. The van der Waals surface area contributed by atoms with E-state index in [0.29, 0.717) is 0 Å². The molecule has 0 bridgehead atoms. The number of thiophene rings is 1. The van der Waals surface area contributed by atoms with Gasteiger partial charge >= 0.3 is 0 Å². The summed E-state index contributed by atoms with van der Waals surface area (Å²) in [4.78, 5) is 16.4. The maximum absolute atomic E-state index is 13.9. The lowest BCUT2D eigenvalue weighted by atomic mass is 9.71. The lowest BCUT2D eigenvalue weighted by Crippen LogP contribution is -2.33. The van der Waals surface area contributed by atoms with E-state index in [-0.39, 0.29) is 27.4 Å². The maximum atomic E-state index is 13.9. The van der Waals surface area contributed by atoms with Crippen molar-refractivity contribution in [1.29, 1.82) is 0 Å². The number of hydrogen-bond acceptors (Lipinski definition) is 3. The van der Waals surface area contributed by atoms with Crippen molar-refractivity contribution in [1.82, 2.24) is 0 Å². The zero-order valence-corrected chi connectivity index (χ0v) is 38.2. The molecule has 0 atom stereocenters. The summed E-state index contributed by atoms with van der Waals surface area (Å²) in [5.41, 5.74) is 10.9. The predicted octanol–water partition coefficient (Wildman–Crippen LogP) is 14.0. The average Bonchev–Trinajstić information content (AvgIpc) is 3.55. The summed E-state index contributed by atoms with van der Waals surface area (Å²) in [5, 5.41) is 2.37. The molecule has 1 heterocycles. The highest BCUT2D eigenvalue weighted by atomic mass is 32.2. The SMILES string of the molecule is C=CC=C.C=c1c(C(C)(C)C)cc(=C(c2ccc(SC(=C3C=C(C(C)(C)C)C(=O)C(C(C)(C)C)=C3)c3ccccc3C)s2)c2ccccc2C)cc1C(C)(C)C. The highest BCUT2D eigenvalue weighted by Crippen LogP contribution is 2.47. The van der Waals surface area contributed by atoms with Crippen LogP contribution in [-0.2, 0) is 15.6 Å². The second-order valence-corrected chi connectivity index (χ2v) is 21.4. The number of Topliss-reactive ketones (excluding diaryl/α,β-unsaturated/α-hetero) is 1. The molecule has 1 aromatic heterocycles. The first-order valence-electron chi connectivity index (χ1n) is 19.6. The minimum Gasteiger partial charge on any atom is -0.289 e. The van der Waals surface area contributed by atoms with Gasteiger partial charge < -0.3 is 0 Å². The number of carbonyl (C=O) groups is 1. The van der Waals surface area contributed by atoms with E-state index in [2.05, 4.69) is 202 Å². The summed E-state index contributed by atoms with van der Waals surface area (Å²) in [7, 11) is 0. The minimum absolute atomic E-state index is 0.0603. The number of rotatable bonds is 6. The zero-order valence-electron chi connectivity index (χ0n) is 36.6. The highest BCUT2D eigenvalue weighted by Gasteiger charge is 2.35. The third-order valence-corrected chi connectivity index (χ3v) is 12.5. The molecule has 0 N–H and O–H groups in total. The third-order valence-electron chi connectivity index (χ3n) is 10.1. The molecule has 0 amide bonds. The van der Waals surface area contributed by atoms with Crippen LogP contribution >= 0.6 is 23.1 Å². The highest BCUT2D eigenvalue weighted by molar-refractivity contribution is 8.09. The van der Waals surface area contributed by atoms with Gasteiger partial charge in [-0.2, -0.15) is 0 Å². The Kier molecular flexibility index (Phi) is 13.6. The van der Waals surface area contributed by atoms with Crippen molar-refractivity contribution in [3.05, 3.63) is 176 Å². The van der Waals surface area contributed by atoms with E-state index in [1.54, 1.807) is 12.2 Å². The molecule has 0 aliphatic heterocycles. The van der Waals surface area contributed by atoms with E-state index >= 15 is 0 Å². The van der Waals surface area contributed by atoms with E-state index < -0.39 is 0 Å². The zero-order chi connectivity index (χ0) is 42.0. The van der Waals surface area contributed by atoms with Crippen molar-refractivity contribution in [2.75, 3.05) is 0 Å². The van der Waals surface area contributed by atoms with Gasteiger partial charge in [-0.25, -0.2) is 0 Å². The second-order valence-electron chi connectivity index (χ2n) is 19.0. The molecule has 1 aliphatic rings. The first-order chi connectivity index (χ1) is 25.9. The fraction of sp³-hybridized carbons (Fsp3) is 0.340. The Labute approximate surface area is 347 Å². The van der Waals surface area contributed by atoms with Gasteiger partial charge in [-0.15, -0.1) is 11.3 Å². The summed E-state index contributed by atoms with van der Waals surface area (Å²) in [6.07, 6.45) is 7.60. The van der Waals surface area contributed by atoms with Crippen LogP contribution in [0.2, 0.25) is 0 Å². The normalized spacial score (nSPS) is 13.7. The molecule has 0 radical (unpaired) electrons. The van der Waals surface area contributed by atoms with Gasteiger partial charge in [0.25, 0.3) is 0 Å². The van der Waals surface area contributed by atoms with Crippen molar-refractivity contribution < 1.29 is 4.79 Å². The molecule has 0 saturated heterocycles. The minimum atomic E-state index is -0.288. The van der Waals surface area contributed by atoms with Crippen LogP contribution in [-0.4, -0.2) is 5.78 Å². The first-order valence-corrected chi connectivity index (χ1v) is 21.3. The van der Waals surface area contributed by atoms with Crippen LogP contribution < -0.4 is 10.4 Å². The topological polar surface area (TPSA) is 17.1 Å². The lowest BCUT2D eigenvalue weighted by molar-refractivity contribution is -0.114. The van der Waals surface area contributed by atoms with Gasteiger partial charge in [0.05, 0.1) is 4.21 Å². The van der Waals surface area contributed by atoms with Crippen LogP contribution in [0.15, 0.2) is 131 Å². The Bertz CT molecular complexity index is 2260. The molecule has 56 heavy (non-hydrogen) atoms. The van der Waals surface area contributed by atoms with E-state index in [0.717, 1.165) is 21.9 Å². The molecule has 0 spiro atoms. The summed E-state index contributed by atoms with van der Waals surface area (Å²) >= 11 is 3.66. The standard InChI is InChI=1S/C49H58OS2.C4H6/c1-30-20-16-18-22-35(30)43(33-26-37(46(4,5)6)32(3)38(27-33)47(7,8)9)41-24-25-42(51-41)52-45(36-23-19-17-21-31(36)2)34-28-39(48(10,11)12)44(50)40(29-34)49(13,14)15;1-3-4-2/h16-29H,3H2,1-2,4-15H3;3-4H,1-2H2. The van der Waals surface area contributed by atoms with Gasteiger partial charge in [-0.1, -0.05) is 175 Å². The van der Waals surface area contributed by atoms with Gasteiger partial charge in [0.15, 0.2) is 5.78 Å². The van der Waals surface area contributed by atoms with Gasteiger partial charge in [0, 0.05) is 26.5 Å². The molecule has 0 saturated carbocycles. The van der Waals surface area contributed by atoms with Gasteiger partial charge in [0.1, 0.15) is 0 Å². The number of carbonyl (C=O) groups excluding carboxylic acids is 1. The molecular formula is C53H64OS2. The number of allylic oxidation sites excluding steroid dienone is 7. The van der Waals surface area contributed by atoms with Crippen molar-refractivity contribution in [3.8, 4) is 0 Å². The summed E-state index contributed by atoms with van der Waals surface area (Å²) in [5.74, 6) is 0.159. The van der Waals surface area contributed by atoms with Crippen molar-refractivity contribution in [3.63, 3.8) is 0 Å². The average molecular weight is 781 g/mol. The first kappa shape index (κ1) is 44.5. The van der Waals surface area contributed by atoms with E-state index in [1.807, 2.05) is 23.1 Å². The number of thioether (sulfide) groups is 1. The Balaban J connectivity index is 0.00000166. The molecule has 1 nitrogen and oxygen atoms in total. The Morgan fingerprint density at radius 2 is 1.07 bits per heavy atom. The Morgan fingerprint density at radius 1 is 0.625 bits per heavy atom. The lowest BCUT2D eigenvalue weighted by Gasteiger charge is -2.32. The van der Waals surface area contributed by atoms with Crippen LogP contribution in [0.25, 0.3) is 17.1 Å². The number of hydrogen-bond donors (Lipinski definition) is 0. The van der Waals surface area contributed by atoms with Crippen LogP contribution in [0.4, 0.5) is 0 Å². The van der Waals surface area contributed by atoms with Crippen molar-refractivity contribution in [2.45, 2.75) is 112 Å². The van der Waals surface area contributed by atoms with E-state index in [1.165, 1.54) is 58.2 Å². The van der Waals surface area contributed by atoms with Gasteiger partial charge in [-0.3, -0.25) is 4.79 Å². The molecule has 3 aromatic carbocycles. The van der Waals surface area contributed by atoms with Crippen LogP contribution in [0, 0.1) is 24.7 Å². The maximum Gasteiger partial charge on any atom is 0.186 e. The molecular weight excluding hydrogens is 717 g/mol. The Morgan fingerprint density at radius 3 is 1.48 bits per heavy atom. The van der Waals surface area contributed by atoms with Crippen LogP contribution in [0.3, 0.4) is 0 Å². The molecule has 3 heteroatoms. The summed E-state index contributed by atoms with van der Waals surface area (Å²) < 4.78 is 1.21. The largest absolute Gasteiger partial charge is 0.289 e. The fourth-order valence-electron chi connectivity index (χ4n) is 7.02. The fourth-order valence-corrected chi connectivity index (χ4v) is 9.44. The molecule has 294 valence electrons. The Hall–Kier alpha value is -4.18. The quantitative estimate of drug-likeness (QED) is 0.143. The smallest absolute Gasteiger partial charge is 0.186 e. The molecule has 0 unspecified atom stereocenters. The monoisotopic (exact) mass is 780 g/mol. The van der Waals surface area contributed by atoms with Crippen LogP contribution in [0.1, 0.15) is 121 Å². The molecule has 5 rings (SSSR count). The third kappa shape index (κ3) is 10.2. The molecule has 1 aliphatic carbocycles. The second kappa shape index (κ2) is 17.1. The molecule has 0 fully saturated rings. The van der Waals surface area contributed by atoms with Crippen LogP contribution in [0.5, 0.6) is 0 Å². The van der Waals surface area contributed by atoms with Gasteiger partial charge in [0.2, 0.25) is 0 Å². The van der Waals surface area contributed by atoms with Crippen molar-refractivity contribution in [2.24, 2.45) is 10.8 Å². The summed E-state index contributed by atoms with van der Waals surface area (Å²) in [6.45, 7) is 42.4. The van der Waals surface area contributed by atoms with E-state index in [4.69, 9.17) is 0 Å². The number of ketones is 1.